The summed E-state index contributed by atoms with van der Waals surface area (Å²) in [7, 11) is 0. The average Bonchev–Trinajstić information content (AvgIpc) is 2.93. The smallest absolute Gasteiger partial charge is 0.262 e. The zero-order valence-electron chi connectivity index (χ0n) is 14.6. The summed E-state index contributed by atoms with van der Waals surface area (Å²) in [6.45, 7) is 4.40. The first-order valence-electron chi connectivity index (χ1n) is 8.51. The summed E-state index contributed by atoms with van der Waals surface area (Å²) >= 11 is 1.50. The first kappa shape index (κ1) is 16.8. The maximum atomic E-state index is 12.7. The molecular weight excluding hydrogens is 350 g/mol. The van der Waals surface area contributed by atoms with E-state index in [4.69, 9.17) is 4.74 Å². The van der Waals surface area contributed by atoms with Gasteiger partial charge < -0.3 is 10.1 Å². The standard InChI is InChI=1S/C19H19N3O3S/c1-11-12(2)26-18-17(11)19(24)22(10-20-18)9-16(23)21-14-7-8-25-15-6-4-3-5-13(14)15/h3-6,10,14H,7-9H2,1-2H3,(H,21,23)/t14-/m0/s1. The van der Waals surface area contributed by atoms with Gasteiger partial charge in [0.25, 0.3) is 5.56 Å². The monoisotopic (exact) mass is 369 g/mol. The Bertz CT molecular complexity index is 1050. The van der Waals surface area contributed by atoms with Gasteiger partial charge in [-0.15, -0.1) is 11.3 Å². The molecule has 0 spiro atoms. The van der Waals surface area contributed by atoms with Crippen LogP contribution in [-0.2, 0) is 11.3 Å². The lowest BCUT2D eigenvalue weighted by molar-refractivity contribution is -0.122. The second-order valence-corrected chi connectivity index (χ2v) is 7.64. The van der Waals surface area contributed by atoms with Crippen molar-refractivity contribution < 1.29 is 9.53 Å². The summed E-state index contributed by atoms with van der Waals surface area (Å²) in [6, 6.07) is 7.59. The first-order chi connectivity index (χ1) is 12.5. The fraction of sp³-hybridized carbons (Fsp3) is 0.316. The van der Waals surface area contributed by atoms with E-state index in [-0.39, 0.29) is 24.1 Å². The van der Waals surface area contributed by atoms with Crippen LogP contribution in [0, 0.1) is 13.8 Å². The fourth-order valence-corrected chi connectivity index (χ4v) is 4.26. The number of hydrogen-bond acceptors (Lipinski definition) is 5. The summed E-state index contributed by atoms with van der Waals surface area (Å²) < 4.78 is 7.00. The Kier molecular flexibility index (Phi) is 4.24. The predicted molar refractivity (Wildman–Crippen MR) is 101 cm³/mol. The van der Waals surface area contributed by atoms with Crippen LogP contribution in [0.15, 0.2) is 35.4 Å². The molecule has 1 aliphatic rings. The van der Waals surface area contributed by atoms with Crippen LogP contribution >= 0.6 is 11.3 Å². The molecule has 3 aromatic rings. The number of nitrogens with zero attached hydrogens (tertiary/aromatic N) is 2. The van der Waals surface area contributed by atoms with Crippen molar-refractivity contribution in [2.24, 2.45) is 0 Å². The number of benzene rings is 1. The lowest BCUT2D eigenvalue weighted by Gasteiger charge is -2.26. The molecule has 1 N–H and O–H groups in total. The molecule has 3 heterocycles. The SMILES string of the molecule is Cc1sc2ncn(CC(=O)N[C@H]3CCOc4ccccc43)c(=O)c2c1C. The van der Waals surface area contributed by atoms with Crippen molar-refractivity contribution in [3.63, 3.8) is 0 Å². The van der Waals surface area contributed by atoms with Crippen molar-refractivity contribution in [3.8, 4) is 5.75 Å². The topological polar surface area (TPSA) is 73.2 Å². The first-order valence-corrected chi connectivity index (χ1v) is 9.32. The minimum absolute atomic E-state index is 0.0460. The summed E-state index contributed by atoms with van der Waals surface area (Å²) in [6.07, 6.45) is 2.16. The number of thiophene rings is 1. The van der Waals surface area contributed by atoms with E-state index in [2.05, 4.69) is 10.3 Å². The molecule has 6 nitrogen and oxygen atoms in total. The van der Waals surface area contributed by atoms with Crippen molar-refractivity contribution in [3.05, 3.63) is 57.0 Å². The van der Waals surface area contributed by atoms with Gasteiger partial charge in [-0.2, -0.15) is 0 Å². The lowest BCUT2D eigenvalue weighted by Crippen LogP contribution is -2.36. The lowest BCUT2D eigenvalue weighted by atomic mass is 10.0. The number of carbonyl (C=O) groups excluding carboxylic acids is 1. The van der Waals surface area contributed by atoms with Gasteiger partial charge in [-0.25, -0.2) is 4.98 Å². The van der Waals surface area contributed by atoms with E-state index >= 15 is 0 Å². The Morgan fingerprint density at radius 3 is 3.04 bits per heavy atom. The van der Waals surface area contributed by atoms with E-state index in [1.807, 2.05) is 38.1 Å². The molecular formula is C19H19N3O3S. The largest absolute Gasteiger partial charge is 0.493 e. The average molecular weight is 369 g/mol. The minimum Gasteiger partial charge on any atom is -0.493 e. The molecule has 134 valence electrons. The number of nitrogens with one attached hydrogen (secondary N) is 1. The van der Waals surface area contributed by atoms with Crippen LogP contribution in [0.1, 0.15) is 28.5 Å². The maximum absolute atomic E-state index is 12.7. The van der Waals surface area contributed by atoms with Gasteiger partial charge in [-0.1, -0.05) is 18.2 Å². The van der Waals surface area contributed by atoms with Crippen LogP contribution in [0.3, 0.4) is 0 Å². The molecule has 1 amide bonds. The molecule has 2 aromatic heterocycles. The van der Waals surface area contributed by atoms with Crippen molar-refractivity contribution in [2.75, 3.05) is 6.61 Å². The molecule has 26 heavy (non-hydrogen) atoms. The third-order valence-electron chi connectivity index (χ3n) is 4.76. The van der Waals surface area contributed by atoms with Crippen LogP contribution in [0.4, 0.5) is 0 Å². The normalized spacial score (nSPS) is 16.2. The Labute approximate surface area is 154 Å². The van der Waals surface area contributed by atoms with E-state index in [1.54, 1.807) is 0 Å². The molecule has 0 saturated heterocycles. The third kappa shape index (κ3) is 2.88. The number of fused-ring (bicyclic) bond motifs is 2. The molecule has 0 unspecified atom stereocenters. The van der Waals surface area contributed by atoms with Gasteiger partial charge in [0.05, 0.1) is 24.4 Å². The van der Waals surface area contributed by atoms with Crippen LogP contribution in [0.5, 0.6) is 5.75 Å². The summed E-state index contributed by atoms with van der Waals surface area (Å²) in [5.41, 5.74) is 1.74. The highest BCUT2D eigenvalue weighted by molar-refractivity contribution is 7.18. The van der Waals surface area contributed by atoms with Crippen molar-refractivity contribution in [1.82, 2.24) is 14.9 Å². The van der Waals surface area contributed by atoms with E-state index in [1.165, 1.54) is 22.2 Å². The van der Waals surface area contributed by atoms with Gasteiger partial charge in [-0.3, -0.25) is 14.2 Å². The van der Waals surface area contributed by atoms with E-state index in [0.29, 0.717) is 18.4 Å². The van der Waals surface area contributed by atoms with E-state index in [9.17, 15) is 9.59 Å². The quantitative estimate of drug-likeness (QED) is 0.770. The van der Waals surface area contributed by atoms with Crippen molar-refractivity contribution in [1.29, 1.82) is 0 Å². The Hall–Kier alpha value is -2.67. The number of aromatic nitrogens is 2. The van der Waals surface area contributed by atoms with Crippen LogP contribution in [-0.4, -0.2) is 22.1 Å². The Morgan fingerprint density at radius 2 is 2.19 bits per heavy atom. The Balaban J connectivity index is 1.56. The van der Waals surface area contributed by atoms with Gasteiger partial charge in [0.2, 0.25) is 5.91 Å². The van der Waals surface area contributed by atoms with Crippen molar-refractivity contribution in [2.45, 2.75) is 32.9 Å². The second kappa shape index (κ2) is 6.57. The van der Waals surface area contributed by atoms with Gasteiger partial charge in [-0.05, 0) is 25.5 Å². The molecule has 1 aromatic carbocycles. The fourth-order valence-electron chi connectivity index (χ4n) is 3.27. The molecule has 7 heteroatoms. The summed E-state index contributed by atoms with van der Waals surface area (Å²) in [5.74, 6) is 0.591. The van der Waals surface area contributed by atoms with Gasteiger partial charge >= 0.3 is 0 Å². The molecule has 0 saturated carbocycles. The number of para-hydroxylation sites is 1. The van der Waals surface area contributed by atoms with Crippen LogP contribution in [0.2, 0.25) is 0 Å². The number of rotatable bonds is 3. The zero-order chi connectivity index (χ0) is 18.3. The predicted octanol–water partition coefficient (Wildman–Crippen LogP) is 2.71. The Morgan fingerprint density at radius 1 is 1.38 bits per heavy atom. The third-order valence-corrected chi connectivity index (χ3v) is 5.88. The number of ether oxygens (including phenoxy) is 1. The van der Waals surface area contributed by atoms with Crippen LogP contribution in [0.25, 0.3) is 10.2 Å². The molecule has 4 rings (SSSR count). The van der Waals surface area contributed by atoms with Gasteiger partial charge in [0, 0.05) is 16.9 Å². The highest BCUT2D eigenvalue weighted by Crippen LogP contribution is 2.31. The molecule has 0 aliphatic carbocycles. The van der Waals surface area contributed by atoms with Crippen LogP contribution < -0.4 is 15.6 Å². The molecule has 0 bridgehead atoms. The maximum Gasteiger partial charge on any atom is 0.262 e. The van der Waals surface area contributed by atoms with E-state index < -0.39 is 0 Å². The van der Waals surface area contributed by atoms with Crippen molar-refractivity contribution >= 4 is 27.5 Å². The number of aryl methyl sites for hydroxylation is 2. The van der Waals surface area contributed by atoms with Gasteiger partial charge in [0.1, 0.15) is 17.1 Å². The minimum atomic E-state index is -0.209. The second-order valence-electron chi connectivity index (χ2n) is 6.44. The highest BCUT2D eigenvalue weighted by atomic mass is 32.1. The summed E-state index contributed by atoms with van der Waals surface area (Å²) in [4.78, 5) is 31.4. The molecule has 0 fully saturated rings. The zero-order valence-corrected chi connectivity index (χ0v) is 15.4. The highest BCUT2D eigenvalue weighted by Gasteiger charge is 2.23. The molecule has 1 aliphatic heterocycles. The summed E-state index contributed by atoms with van der Waals surface area (Å²) in [5, 5.41) is 3.63. The number of amides is 1. The number of carbonyl (C=O) groups is 1. The van der Waals surface area contributed by atoms with E-state index in [0.717, 1.165) is 26.6 Å². The number of hydrogen-bond donors (Lipinski definition) is 1. The van der Waals surface area contributed by atoms with Gasteiger partial charge in [0.15, 0.2) is 0 Å². The molecule has 1 atom stereocenters. The molecule has 0 radical (unpaired) electrons.